The van der Waals surface area contributed by atoms with E-state index >= 15 is 0 Å². The second kappa shape index (κ2) is 26.1. The number of ether oxygens (including phenoxy) is 2. The van der Waals surface area contributed by atoms with E-state index in [1.807, 2.05) is 0 Å². The molecule has 0 unspecified atom stereocenters. The van der Waals surface area contributed by atoms with Gasteiger partial charge in [0.15, 0.2) is 0 Å². The van der Waals surface area contributed by atoms with E-state index in [-0.39, 0.29) is 127 Å². The van der Waals surface area contributed by atoms with Gasteiger partial charge < -0.3 is 24.5 Å². The molecule has 0 aliphatic heterocycles. The fourth-order valence-electron chi connectivity index (χ4n) is 0.831. The van der Waals surface area contributed by atoms with Crippen LogP contribution in [-0.2, 0) is 28.7 Å². The zero-order valence-corrected chi connectivity index (χ0v) is 21.2. The third-order valence-corrected chi connectivity index (χ3v) is 1.40. The van der Waals surface area contributed by atoms with E-state index in [4.69, 9.17) is 15.0 Å². The number of Topliss-reactive ketones (excluding diaryl/α,β-unsaturated/α-hetero) is 2. The Morgan fingerprint density at radius 2 is 0.917 bits per heavy atom. The molecule has 24 heavy (non-hydrogen) atoms. The van der Waals surface area contributed by atoms with Crippen LogP contribution < -0.4 is 113 Å². The van der Waals surface area contributed by atoms with Crippen molar-refractivity contribution in [2.45, 2.75) is 40.5 Å². The van der Waals surface area contributed by atoms with Crippen molar-refractivity contribution in [1.82, 2.24) is 0 Å². The molecule has 0 aliphatic carbocycles. The zero-order valence-electron chi connectivity index (χ0n) is 15.0. The van der Waals surface area contributed by atoms with Crippen molar-refractivity contribution >= 4 is 29.7 Å². The molecule has 9 nitrogen and oxygen atoms in total. The second-order valence-corrected chi connectivity index (χ2v) is 3.62. The minimum Gasteiger partial charge on any atom is -0.652 e. The molecule has 0 aromatic heterocycles. The van der Waals surface area contributed by atoms with Crippen molar-refractivity contribution in [2.24, 2.45) is 0 Å². The standard InChI is InChI=1S/2C6H10O3.CH2O3.2K/c2*1-3-9-6(8)4-5(2)7;2-1(3)4;;/h2*3-4H2,1-2H3;(H2,2,3,4);;/q;;;2*+1/p-2. The molecule has 0 atom stereocenters. The first-order valence-electron chi connectivity index (χ1n) is 6.24. The van der Waals surface area contributed by atoms with E-state index < -0.39 is 18.1 Å². The maximum Gasteiger partial charge on any atom is 1.00 e. The van der Waals surface area contributed by atoms with Crippen molar-refractivity contribution < 1.29 is 146 Å². The topological polar surface area (TPSA) is 150 Å². The minimum absolute atomic E-state index is 0. The number of hydrogen-bond donors (Lipinski definition) is 0. The first-order valence-corrected chi connectivity index (χ1v) is 6.24. The van der Waals surface area contributed by atoms with Gasteiger partial charge in [-0.25, -0.2) is 0 Å². The van der Waals surface area contributed by atoms with Gasteiger partial charge >= 0.3 is 115 Å². The quantitative estimate of drug-likeness (QED) is 0.241. The predicted octanol–water partition coefficient (Wildman–Crippen LogP) is -7.38. The molecule has 0 amide bonds. The monoisotopic (exact) mass is 398 g/mol. The Morgan fingerprint density at radius 3 is 1.04 bits per heavy atom. The number of carbonyl (C=O) groups excluding carboxylic acids is 5. The van der Waals surface area contributed by atoms with Gasteiger partial charge in [0.05, 0.1) is 13.2 Å². The van der Waals surface area contributed by atoms with Gasteiger partial charge in [0.2, 0.25) is 0 Å². The molecule has 0 bridgehead atoms. The first kappa shape index (κ1) is 35.9. The number of carboxylic acid groups (broad SMARTS) is 2. The van der Waals surface area contributed by atoms with E-state index in [1.165, 1.54) is 13.8 Å². The summed E-state index contributed by atoms with van der Waals surface area (Å²) < 4.78 is 8.99. The fourth-order valence-corrected chi connectivity index (χ4v) is 0.831. The third-order valence-electron chi connectivity index (χ3n) is 1.40. The summed E-state index contributed by atoms with van der Waals surface area (Å²) in [7, 11) is 0. The number of esters is 2. The van der Waals surface area contributed by atoms with Crippen LogP contribution in [0.4, 0.5) is 4.79 Å². The Balaban J connectivity index is -0.0000000771. The number of ketones is 2. The van der Waals surface area contributed by atoms with Crippen LogP contribution in [0.2, 0.25) is 0 Å². The summed E-state index contributed by atoms with van der Waals surface area (Å²) in [6.45, 7) is 6.81. The molecule has 0 aliphatic rings. The number of carbonyl (C=O) groups is 5. The van der Waals surface area contributed by atoms with E-state index in [2.05, 4.69) is 9.47 Å². The van der Waals surface area contributed by atoms with Crippen LogP contribution >= 0.6 is 0 Å². The molecular formula is C13H20K2O9. The van der Waals surface area contributed by atoms with Crippen LogP contribution in [0.25, 0.3) is 0 Å². The maximum absolute atomic E-state index is 10.4. The Labute approximate surface area is 226 Å². The SMILES string of the molecule is CCOC(=O)CC(C)=O.CCOC(=O)CC(C)=O.O=C([O-])[O-].[K+].[K+]. The minimum atomic E-state index is -2.33. The van der Waals surface area contributed by atoms with Crippen molar-refractivity contribution in [3.63, 3.8) is 0 Å². The molecule has 0 aromatic carbocycles. The Morgan fingerprint density at radius 1 is 0.708 bits per heavy atom. The second-order valence-electron chi connectivity index (χ2n) is 3.62. The summed E-state index contributed by atoms with van der Waals surface area (Å²) in [5, 5.41) is 16.7. The van der Waals surface area contributed by atoms with E-state index in [1.54, 1.807) is 13.8 Å². The molecule has 0 fully saturated rings. The molecule has 0 aromatic rings. The predicted molar refractivity (Wildman–Crippen MR) is 69.3 cm³/mol. The van der Waals surface area contributed by atoms with Crippen LogP contribution in [0.3, 0.4) is 0 Å². The molecule has 0 N–H and O–H groups in total. The maximum atomic E-state index is 10.4. The normalized spacial score (nSPS) is 7.50. The average molecular weight is 398 g/mol. The van der Waals surface area contributed by atoms with Gasteiger partial charge in [-0.2, -0.15) is 0 Å². The van der Waals surface area contributed by atoms with Crippen molar-refractivity contribution in [2.75, 3.05) is 13.2 Å². The molecular weight excluding hydrogens is 378 g/mol. The van der Waals surface area contributed by atoms with Crippen molar-refractivity contribution in [1.29, 1.82) is 0 Å². The molecule has 128 valence electrons. The number of rotatable bonds is 6. The van der Waals surface area contributed by atoms with E-state index in [9.17, 15) is 19.2 Å². The van der Waals surface area contributed by atoms with Crippen LogP contribution in [0.15, 0.2) is 0 Å². The Kier molecular flexibility index (Phi) is 38.9. The third kappa shape index (κ3) is 49.5. The smallest absolute Gasteiger partial charge is 0.652 e. The molecule has 0 radical (unpaired) electrons. The van der Waals surface area contributed by atoms with E-state index in [0.29, 0.717) is 13.2 Å². The summed E-state index contributed by atoms with van der Waals surface area (Å²) in [5.74, 6) is -1.20. The Hall–Kier alpha value is 0.823. The van der Waals surface area contributed by atoms with Crippen LogP contribution in [0.1, 0.15) is 40.5 Å². The molecule has 0 saturated carbocycles. The van der Waals surface area contributed by atoms with Gasteiger partial charge in [-0.1, -0.05) is 0 Å². The summed E-state index contributed by atoms with van der Waals surface area (Å²) >= 11 is 0. The summed E-state index contributed by atoms with van der Waals surface area (Å²) in [6, 6.07) is 0. The van der Waals surface area contributed by atoms with E-state index in [0.717, 1.165) is 0 Å². The largest absolute Gasteiger partial charge is 1.00 e. The fraction of sp³-hybridized carbons (Fsp3) is 0.615. The van der Waals surface area contributed by atoms with Gasteiger partial charge in [0, 0.05) is 0 Å². The van der Waals surface area contributed by atoms with Gasteiger partial charge in [-0.3, -0.25) is 19.2 Å². The van der Waals surface area contributed by atoms with Gasteiger partial charge in [-0.15, -0.1) is 0 Å². The van der Waals surface area contributed by atoms with Crippen molar-refractivity contribution in [3.05, 3.63) is 0 Å². The van der Waals surface area contributed by atoms with Gasteiger partial charge in [0.25, 0.3) is 0 Å². The summed E-state index contributed by atoms with van der Waals surface area (Å²) in [5.41, 5.74) is 0. The molecule has 0 heterocycles. The van der Waals surface area contributed by atoms with Crippen molar-refractivity contribution in [3.8, 4) is 0 Å². The summed E-state index contributed by atoms with van der Waals surface area (Å²) in [4.78, 5) is 49.6. The molecule has 0 spiro atoms. The summed E-state index contributed by atoms with van der Waals surface area (Å²) in [6.07, 6.45) is -2.54. The molecule has 0 saturated heterocycles. The number of hydrogen-bond acceptors (Lipinski definition) is 9. The van der Waals surface area contributed by atoms with Gasteiger partial charge in [-0.05, 0) is 33.9 Å². The van der Waals surface area contributed by atoms with Crippen LogP contribution in [0, 0.1) is 0 Å². The zero-order chi connectivity index (χ0) is 18.1. The average Bonchev–Trinajstić information content (AvgIpc) is 2.26. The van der Waals surface area contributed by atoms with Crippen LogP contribution in [-0.4, -0.2) is 42.9 Å². The first-order chi connectivity index (χ1) is 10.1. The molecule has 0 rings (SSSR count). The van der Waals surface area contributed by atoms with Gasteiger partial charge in [0.1, 0.15) is 24.4 Å². The van der Waals surface area contributed by atoms with Crippen LogP contribution in [0.5, 0.6) is 0 Å². The molecule has 11 heteroatoms. The Bertz CT molecular complexity index is 350.